The van der Waals surface area contributed by atoms with Crippen molar-refractivity contribution in [2.45, 2.75) is 12.3 Å². The van der Waals surface area contributed by atoms with Crippen LogP contribution in [0.4, 0.5) is 5.82 Å². The van der Waals surface area contributed by atoms with Gasteiger partial charge in [-0.05, 0) is 30.3 Å². The first-order valence-corrected chi connectivity index (χ1v) is 9.37. The molecule has 0 aliphatic carbocycles. The van der Waals surface area contributed by atoms with Gasteiger partial charge in [-0.25, -0.2) is 4.68 Å². The van der Waals surface area contributed by atoms with E-state index < -0.39 is 0 Å². The van der Waals surface area contributed by atoms with E-state index in [4.69, 9.17) is 25.8 Å². The maximum Gasteiger partial charge on any atom is 0.226 e. The number of nitrogens with one attached hydrogen (secondary N) is 1. The van der Waals surface area contributed by atoms with Gasteiger partial charge in [0, 0.05) is 34.6 Å². The molecule has 1 amide bonds. The first-order valence-electron chi connectivity index (χ1n) is 8.99. The van der Waals surface area contributed by atoms with Crippen molar-refractivity contribution >= 4 is 23.3 Å². The maximum atomic E-state index is 12.6. The van der Waals surface area contributed by atoms with E-state index in [-0.39, 0.29) is 18.2 Å². The molecule has 0 unspecified atom stereocenters. The zero-order valence-corrected chi connectivity index (χ0v) is 17.0. The van der Waals surface area contributed by atoms with Crippen LogP contribution in [-0.2, 0) is 4.79 Å². The topological polar surface area (TPSA) is 74.6 Å². The van der Waals surface area contributed by atoms with Gasteiger partial charge in [-0.3, -0.25) is 4.79 Å². The lowest BCUT2D eigenvalue weighted by Crippen LogP contribution is -2.25. The molecular formula is C21H20ClN3O4. The third-order valence-corrected chi connectivity index (χ3v) is 5.25. The Labute approximate surface area is 173 Å². The predicted molar refractivity (Wildman–Crippen MR) is 110 cm³/mol. The van der Waals surface area contributed by atoms with Gasteiger partial charge in [0.1, 0.15) is 11.6 Å². The van der Waals surface area contributed by atoms with Gasteiger partial charge in [0.25, 0.3) is 0 Å². The summed E-state index contributed by atoms with van der Waals surface area (Å²) in [5.41, 5.74) is 2.53. The summed E-state index contributed by atoms with van der Waals surface area (Å²) < 4.78 is 18.1. The van der Waals surface area contributed by atoms with E-state index >= 15 is 0 Å². The average molecular weight is 414 g/mol. The van der Waals surface area contributed by atoms with Crippen LogP contribution in [0.15, 0.2) is 42.6 Å². The molecule has 1 aliphatic rings. The first kappa shape index (κ1) is 19.1. The van der Waals surface area contributed by atoms with E-state index in [1.54, 1.807) is 50.4 Å². The Morgan fingerprint density at radius 3 is 2.31 bits per heavy atom. The fourth-order valence-electron chi connectivity index (χ4n) is 3.60. The zero-order chi connectivity index (χ0) is 20.5. The van der Waals surface area contributed by atoms with Crippen molar-refractivity contribution in [3.05, 3.63) is 58.7 Å². The van der Waals surface area contributed by atoms with Crippen LogP contribution in [0.3, 0.4) is 0 Å². The lowest BCUT2D eigenvalue weighted by atomic mass is 9.86. The number of carbonyl (C=O) groups excluding carboxylic acids is 1. The summed E-state index contributed by atoms with van der Waals surface area (Å²) >= 11 is 5.99. The number of rotatable bonds is 5. The van der Waals surface area contributed by atoms with E-state index in [0.717, 1.165) is 16.8 Å². The minimum Gasteiger partial charge on any atom is -0.496 e. The molecule has 7 nitrogen and oxygen atoms in total. The number of anilines is 1. The van der Waals surface area contributed by atoms with Crippen LogP contribution in [0.2, 0.25) is 5.02 Å². The summed E-state index contributed by atoms with van der Waals surface area (Å²) in [5.74, 6) is 2.04. The molecule has 1 N–H and O–H groups in total. The van der Waals surface area contributed by atoms with Crippen molar-refractivity contribution in [3.8, 4) is 22.9 Å². The van der Waals surface area contributed by atoms with Gasteiger partial charge in [-0.1, -0.05) is 11.6 Å². The molecule has 0 bridgehead atoms. The first-order chi connectivity index (χ1) is 14.0. The smallest absolute Gasteiger partial charge is 0.226 e. The largest absolute Gasteiger partial charge is 0.496 e. The van der Waals surface area contributed by atoms with Crippen molar-refractivity contribution in [2.75, 3.05) is 26.6 Å². The van der Waals surface area contributed by atoms with Crippen LogP contribution < -0.4 is 19.5 Å². The fourth-order valence-corrected chi connectivity index (χ4v) is 3.73. The molecule has 29 heavy (non-hydrogen) atoms. The second kappa shape index (κ2) is 7.67. The van der Waals surface area contributed by atoms with Gasteiger partial charge < -0.3 is 19.5 Å². The third kappa shape index (κ3) is 3.38. The Morgan fingerprint density at radius 2 is 1.66 bits per heavy atom. The van der Waals surface area contributed by atoms with Crippen LogP contribution >= 0.6 is 11.6 Å². The van der Waals surface area contributed by atoms with Crippen LogP contribution in [-0.4, -0.2) is 37.0 Å². The van der Waals surface area contributed by atoms with Crippen LogP contribution in [0.1, 0.15) is 23.5 Å². The number of methoxy groups -OCH3 is 3. The molecule has 0 saturated carbocycles. The van der Waals surface area contributed by atoms with Gasteiger partial charge in [0.05, 0.1) is 33.2 Å². The monoisotopic (exact) mass is 413 g/mol. The number of fused-ring (bicyclic) bond motifs is 1. The van der Waals surface area contributed by atoms with Gasteiger partial charge in [0.2, 0.25) is 5.91 Å². The van der Waals surface area contributed by atoms with Gasteiger partial charge >= 0.3 is 0 Å². The van der Waals surface area contributed by atoms with Gasteiger partial charge in [-0.2, -0.15) is 5.10 Å². The van der Waals surface area contributed by atoms with Crippen molar-refractivity contribution in [2.24, 2.45) is 0 Å². The number of aromatic nitrogens is 2. The van der Waals surface area contributed by atoms with Gasteiger partial charge in [0.15, 0.2) is 11.5 Å². The molecule has 150 valence electrons. The highest BCUT2D eigenvalue weighted by Gasteiger charge is 2.33. The summed E-state index contributed by atoms with van der Waals surface area (Å²) in [7, 11) is 4.73. The van der Waals surface area contributed by atoms with E-state index in [2.05, 4.69) is 10.4 Å². The molecule has 3 aromatic rings. The third-order valence-electron chi connectivity index (χ3n) is 5.00. The number of halogens is 1. The Balaban J connectivity index is 1.84. The average Bonchev–Trinajstić information content (AvgIpc) is 3.16. The van der Waals surface area contributed by atoms with E-state index in [0.29, 0.717) is 28.1 Å². The highest BCUT2D eigenvalue weighted by molar-refractivity contribution is 6.30. The quantitative estimate of drug-likeness (QED) is 0.683. The highest BCUT2D eigenvalue weighted by atomic mass is 35.5. The molecule has 4 rings (SSSR count). The van der Waals surface area contributed by atoms with E-state index in [1.165, 1.54) is 0 Å². The molecule has 0 saturated heterocycles. The van der Waals surface area contributed by atoms with E-state index in [1.807, 2.05) is 18.2 Å². The number of nitrogens with zero attached hydrogens (tertiary/aromatic N) is 2. The van der Waals surface area contributed by atoms with Crippen molar-refractivity contribution in [3.63, 3.8) is 0 Å². The summed E-state index contributed by atoms with van der Waals surface area (Å²) in [4.78, 5) is 12.6. The summed E-state index contributed by atoms with van der Waals surface area (Å²) in [5, 5.41) is 8.07. The fraction of sp³-hybridized carbons (Fsp3) is 0.238. The summed E-state index contributed by atoms with van der Waals surface area (Å²) in [6.45, 7) is 0. The molecule has 1 aromatic heterocycles. The Morgan fingerprint density at radius 1 is 1.00 bits per heavy atom. The molecule has 0 radical (unpaired) electrons. The van der Waals surface area contributed by atoms with Crippen molar-refractivity contribution in [1.82, 2.24) is 9.78 Å². The molecule has 1 atom stereocenters. The standard InChI is InChI=1S/C21H20ClN3O4/c1-27-17-10-19(29-3)18(28-2)8-15(17)14-9-20(26)24-21-16(14)11-23-25(21)13-6-4-12(22)5-7-13/h4-8,10-11,14H,9H2,1-3H3,(H,24,26)/t14-/m0/s1. The molecule has 0 spiro atoms. The van der Waals surface area contributed by atoms with Crippen molar-refractivity contribution < 1.29 is 19.0 Å². The van der Waals surface area contributed by atoms with Crippen molar-refractivity contribution in [1.29, 1.82) is 0 Å². The summed E-state index contributed by atoms with van der Waals surface area (Å²) in [6.07, 6.45) is 2.04. The molecule has 2 heterocycles. The van der Waals surface area contributed by atoms with Crippen LogP contribution in [0.25, 0.3) is 5.69 Å². The molecule has 2 aromatic carbocycles. The minimum absolute atomic E-state index is 0.102. The predicted octanol–water partition coefficient (Wildman–Crippen LogP) is 4.03. The molecule has 1 aliphatic heterocycles. The van der Waals surface area contributed by atoms with Crippen LogP contribution in [0.5, 0.6) is 17.2 Å². The molecule has 8 heteroatoms. The number of hydrogen-bond donors (Lipinski definition) is 1. The number of amides is 1. The normalized spacial score (nSPS) is 15.4. The maximum absolute atomic E-state index is 12.6. The molecular weight excluding hydrogens is 394 g/mol. The minimum atomic E-state index is -0.241. The lowest BCUT2D eigenvalue weighted by Gasteiger charge is -2.26. The zero-order valence-electron chi connectivity index (χ0n) is 16.2. The summed E-state index contributed by atoms with van der Waals surface area (Å²) in [6, 6.07) is 10.9. The SMILES string of the molecule is COc1cc(OC)c([C@@H]2CC(=O)Nc3c2cnn3-c2ccc(Cl)cc2)cc1OC. The number of hydrogen-bond acceptors (Lipinski definition) is 5. The van der Waals surface area contributed by atoms with Crippen LogP contribution in [0, 0.1) is 0 Å². The molecule has 0 fully saturated rings. The Hall–Kier alpha value is -3.19. The second-order valence-electron chi connectivity index (χ2n) is 6.59. The van der Waals surface area contributed by atoms with E-state index in [9.17, 15) is 4.79 Å². The Bertz CT molecular complexity index is 1060. The number of benzene rings is 2. The van der Waals surface area contributed by atoms with Gasteiger partial charge in [-0.15, -0.1) is 0 Å². The highest BCUT2D eigenvalue weighted by Crippen LogP contribution is 2.45. The lowest BCUT2D eigenvalue weighted by molar-refractivity contribution is -0.116. The number of carbonyl (C=O) groups is 1. The second-order valence-corrected chi connectivity index (χ2v) is 7.03. The Kier molecular flexibility index (Phi) is 5.07. The number of ether oxygens (including phenoxy) is 3.